The molecule has 0 aromatic carbocycles. The van der Waals surface area contributed by atoms with Crippen molar-refractivity contribution in [3.63, 3.8) is 0 Å². The monoisotopic (exact) mass is 219 g/mol. The average molecular weight is 219 g/mol. The minimum atomic E-state index is -0.155. The van der Waals surface area contributed by atoms with Gasteiger partial charge in [0.1, 0.15) is 0 Å². The van der Waals surface area contributed by atoms with E-state index in [1.165, 1.54) is 0 Å². The molecular formula is C7H13N3OS2. The van der Waals surface area contributed by atoms with Crippen molar-refractivity contribution in [2.45, 2.75) is 13.5 Å². The van der Waals surface area contributed by atoms with Gasteiger partial charge in [0.05, 0.1) is 0 Å². The van der Waals surface area contributed by atoms with Gasteiger partial charge < -0.3 is 0 Å². The third-order valence-corrected chi connectivity index (χ3v) is 2.94. The van der Waals surface area contributed by atoms with E-state index in [1.54, 1.807) is 16.3 Å². The summed E-state index contributed by atoms with van der Waals surface area (Å²) in [5.74, 6) is 1.49. The second-order valence-electron chi connectivity index (χ2n) is 3.03. The summed E-state index contributed by atoms with van der Waals surface area (Å²) in [6.45, 7) is 2.78. The number of hydrogen-bond acceptors (Lipinski definition) is 3. The van der Waals surface area contributed by atoms with Crippen molar-refractivity contribution in [2.24, 2.45) is 5.92 Å². The van der Waals surface area contributed by atoms with Crippen molar-refractivity contribution in [3.8, 4) is 0 Å². The lowest BCUT2D eigenvalue weighted by atomic mass is 10.2. The van der Waals surface area contributed by atoms with Gasteiger partial charge in [-0.15, -0.1) is 0 Å². The zero-order chi connectivity index (χ0) is 9.84. The van der Waals surface area contributed by atoms with Gasteiger partial charge in [0.15, 0.2) is 4.77 Å². The molecule has 6 heteroatoms. The van der Waals surface area contributed by atoms with Crippen LogP contribution in [0.2, 0.25) is 0 Å². The lowest BCUT2D eigenvalue weighted by Gasteiger charge is -2.08. The molecule has 4 nitrogen and oxygen atoms in total. The van der Waals surface area contributed by atoms with Gasteiger partial charge in [0.2, 0.25) is 0 Å². The highest BCUT2D eigenvalue weighted by Gasteiger charge is 2.05. The number of nitrogens with zero attached hydrogens (tertiary/aromatic N) is 1. The predicted octanol–water partition coefficient (Wildman–Crippen LogP) is 1.23. The number of rotatable bonds is 4. The highest BCUT2D eigenvalue weighted by molar-refractivity contribution is 7.98. The van der Waals surface area contributed by atoms with Crippen molar-refractivity contribution in [1.82, 2.24) is 14.8 Å². The van der Waals surface area contributed by atoms with E-state index in [9.17, 15) is 4.79 Å². The summed E-state index contributed by atoms with van der Waals surface area (Å²) in [7, 11) is 0. The van der Waals surface area contributed by atoms with Crippen molar-refractivity contribution in [2.75, 3.05) is 12.0 Å². The average Bonchev–Trinajstić information content (AvgIpc) is 2.36. The molecule has 0 saturated heterocycles. The van der Waals surface area contributed by atoms with Crippen LogP contribution in [-0.4, -0.2) is 26.8 Å². The topological polar surface area (TPSA) is 53.6 Å². The van der Waals surface area contributed by atoms with Crippen molar-refractivity contribution < 1.29 is 0 Å². The molecule has 1 heterocycles. The molecule has 74 valence electrons. The van der Waals surface area contributed by atoms with Gasteiger partial charge in [-0.1, -0.05) is 6.92 Å². The Morgan fingerprint density at radius 3 is 2.77 bits per heavy atom. The zero-order valence-corrected chi connectivity index (χ0v) is 9.30. The second-order valence-corrected chi connectivity index (χ2v) is 4.33. The first-order chi connectivity index (χ1) is 6.15. The predicted molar refractivity (Wildman–Crippen MR) is 57.8 cm³/mol. The smallest absolute Gasteiger partial charge is 0.272 e. The molecule has 0 aliphatic rings. The van der Waals surface area contributed by atoms with Gasteiger partial charge >= 0.3 is 5.69 Å². The molecule has 0 saturated carbocycles. The van der Waals surface area contributed by atoms with Crippen LogP contribution in [-0.2, 0) is 6.54 Å². The fourth-order valence-electron chi connectivity index (χ4n) is 1.15. The van der Waals surface area contributed by atoms with Crippen LogP contribution in [0.1, 0.15) is 6.92 Å². The lowest BCUT2D eigenvalue weighted by molar-refractivity contribution is 0.515. The number of thioether (sulfide) groups is 1. The number of H-pyrrole nitrogens is 2. The fraction of sp³-hybridized carbons (Fsp3) is 0.714. The van der Waals surface area contributed by atoms with Crippen molar-refractivity contribution in [1.29, 1.82) is 0 Å². The quantitative estimate of drug-likeness (QED) is 0.749. The van der Waals surface area contributed by atoms with Crippen LogP contribution in [0.15, 0.2) is 4.79 Å². The Kier molecular flexibility index (Phi) is 3.80. The van der Waals surface area contributed by atoms with Crippen LogP contribution in [0.4, 0.5) is 0 Å². The fourth-order valence-corrected chi connectivity index (χ4v) is 2.03. The zero-order valence-electron chi connectivity index (χ0n) is 7.66. The molecular weight excluding hydrogens is 206 g/mol. The summed E-state index contributed by atoms with van der Waals surface area (Å²) >= 11 is 6.72. The third-order valence-electron chi connectivity index (χ3n) is 1.71. The van der Waals surface area contributed by atoms with Gasteiger partial charge in [-0.2, -0.15) is 11.8 Å². The summed E-state index contributed by atoms with van der Waals surface area (Å²) in [4.78, 5) is 11.2. The SMILES string of the molecule is CSCC(C)Cn1c(=O)[nH][nH]c1=S. The normalized spacial score (nSPS) is 13.1. The van der Waals surface area contributed by atoms with E-state index in [1.807, 2.05) is 0 Å². The summed E-state index contributed by atoms with van der Waals surface area (Å²) in [5.41, 5.74) is -0.155. The van der Waals surface area contributed by atoms with E-state index < -0.39 is 0 Å². The molecule has 1 atom stereocenters. The van der Waals surface area contributed by atoms with Gasteiger partial charge in [-0.25, -0.2) is 9.89 Å². The Hall–Kier alpha value is -0.490. The molecule has 0 aliphatic heterocycles. The van der Waals surface area contributed by atoms with Crippen LogP contribution in [0.25, 0.3) is 0 Å². The van der Waals surface area contributed by atoms with Crippen molar-refractivity contribution in [3.05, 3.63) is 15.3 Å². The van der Waals surface area contributed by atoms with E-state index in [0.29, 0.717) is 17.2 Å². The van der Waals surface area contributed by atoms with E-state index in [4.69, 9.17) is 12.2 Å². The van der Waals surface area contributed by atoms with Crippen LogP contribution < -0.4 is 5.69 Å². The van der Waals surface area contributed by atoms with Gasteiger partial charge in [0.25, 0.3) is 0 Å². The molecule has 0 bridgehead atoms. The minimum Gasteiger partial charge on any atom is -0.272 e. The molecule has 0 radical (unpaired) electrons. The molecule has 1 unspecified atom stereocenters. The minimum absolute atomic E-state index is 0.155. The Bertz CT molecular complexity index is 337. The number of aromatic amines is 2. The lowest BCUT2D eigenvalue weighted by Crippen LogP contribution is -2.21. The van der Waals surface area contributed by atoms with Crippen LogP contribution in [0.5, 0.6) is 0 Å². The first kappa shape index (κ1) is 10.6. The van der Waals surface area contributed by atoms with Crippen LogP contribution >= 0.6 is 24.0 Å². The molecule has 0 fully saturated rings. The summed E-state index contributed by atoms with van der Waals surface area (Å²) < 4.78 is 2.02. The van der Waals surface area contributed by atoms with E-state index in [0.717, 1.165) is 5.75 Å². The van der Waals surface area contributed by atoms with Crippen LogP contribution in [0.3, 0.4) is 0 Å². The Balaban J connectivity index is 2.74. The number of nitrogens with one attached hydrogen (secondary N) is 2. The van der Waals surface area contributed by atoms with E-state index in [2.05, 4.69) is 23.4 Å². The molecule has 2 N–H and O–H groups in total. The molecule has 0 amide bonds. The van der Waals surface area contributed by atoms with Crippen molar-refractivity contribution >= 4 is 24.0 Å². The Morgan fingerprint density at radius 1 is 1.62 bits per heavy atom. The molecule has 0 spiro atoms. The first-order valence-electron chi connectivity index (χ1n) is 4.01. The molecule has 1 aromatic rings. The largest absolute Gasteiger partial charge is 0.342 e. The Labute approximate surface area is 85.7 Å². The summed E-state index contributed by atoms with van der Waals surface area (Å²) in [6, 6.07) is 0. The van der Waals surface area contributed by atoms with Crippen LogP contribution in [0, 0.1) is 10.7 Å². The standard InChI is InChI=1S/C7H13N3OS2/c1-5(4-13-2)3-10-6(11)8-9-7(10)12/h5H,3-4H2,1-2H3,(H,8,11)(H,9,12). The van der Waals surface area contributed by atoms with Gasteiger partial charge in [-0.05, 0) is 30.1 Å². The van der Waals surface area contributed by atoms with E-state index in [-0.39, 0.29) is 5.69 Å². The van der Waals surface area contributed by atoms with E-state index >= 15 is 0 Å². The first-order valence-corrected chi connectivity index (χ1v) is 5.81. The summed E-state index contributed by atoms with van der Waals surface area (Å²) in [6.07, 6.45) is 2.05. The maximum atomic E-state index is 11.2. The Morgan fingerprint density at radius 2 is 2.31 bits per heavy atom. The highest BCUT2D eigenvalue weighted by atomic mass is 32.2. The second kappa shape index (κ2) is 4.66. The summed E-state index contributed by atoms with van der Waals surface area (Å²) in [5, 5.41) is 5.07. The van der Waals surface area contributed by atoms with Gasteiger partial charge in [-0.3, -0.25) is 9.67 Å². The highest BCUT2D eigenvalue weighted by Crippen LogP contribution is 2.05. The molecule has 1 aromatic heterocycles. The number of hydrogen-bond donors (Lipinski definition) is 2. The molecule has 13 heavy (non-hydrogen) atoms. The van der Waals surface area contributed by atoms with Gasteiger partial charge in [0, 0.05) is 6.54 Å². The third kappa shape index (κ3) is 2.73. The number of aromatic nitrogens is 3. The molecule has 0 aliphatic carbocycles. The molecule has 1 rings (SSSR count). The maximum absolute atomic E-state index is 11.2. The maximum Gasteiger partial charge on any atom is 0.342 e.